The minimum absolute atomic E-state index is 0.00418. The highest BCUT2D eigenvalue weighted by molar-refractivity contribution is 5.89. The molecule has 2 aliphatic rings. The third kappa shape index (κ3) is 5.68. The number of rotatable bonds is 6. The first-order valence-corrected chi connectivity index (χ1v) is 12.4. The van der Waals surface area contributed by atoms with Crippen molar-refractivity contribution < 1.29 is 27.8 Å². The van der Waals surface area contributed by atoms with E-state index in [1.54, 1.807) is 18.2 Å². The number of carbonyl (C=O) groups is 1. The number of benzene rings is 2. The molecule has 2 fully saturated rings. The molecule has 0 radical (unpaired) electrons. The van der Waals surface area contributed by atoms with E-state index in [1.165, 1.54) is 6.07 Å². The van der Waals surface area contributed by atoms with Crippen molar-refractivity contribution in [2.45, 2.75) is 77.1 Å². The summed E-state index contributed by atoms with van der Waals surface area (Å²) in [7, 11) is 0. The smallest absolute Gasteiger partial charge is 0.420 e. The molecule has 4 nitrogen and oxygen atoms in total. The first-order valence-electron chi connectivity index (χ1n) is 12.4. The molecule has 0 spiro atoms. The van der Waals surface area contributed by atoms with Gasteiger partial charge in [-0.25, -0.2) is 0 Å². The highest BCUT2D eigenvalue weighted by atomic mass is 19.4. The molecule has 2 atom stereocenters. The van der Waals surface area contributed by atoms with Crippen molar-refractivity contribution in [2.24, 2.45) is 11.8 Å². The van der Waals surface area contributed by atoms with E-state index in [9.17, 15) is 18.0 Å². The Kier molecular flexibility index (Phi) is 7.41. The van der Waals surface area contributed by atoms with Crippen molar-refractivity contribution in [1.29, 1.82) is 0 Å². The van der Waals surface area contributed by atoms with Gasteiger partial charge in [0.25, 0.3) is 0 Å². The number of halogens is 3. The van der Waals surface area contributed by atoms with Gasteiger partial charge in [-0.2, -0.15) is 13.2 Å². The maximum atomic E-state index is 14.2. The number of carboxylic acid groups (broad SMARTS) is 1. The highest BCUT2D eigenvalue weighted by Crippen LogP contribution is 2.43. The number of aliphatic carboxylic acids is 1. The highest BCUT2D eigenvalue weighted by Gasteiger charge is 2.37. The summed E-state index contributed by atoms with van der Waals surface area (Å²) in [6, 6.07) is 8.37. The van der Waals surface area contributed by atoms with Crippen LogP contribution in [0.25, 0.3) is 10.8 Å². The van der Waals surface area contributed by atoms with Gasteiger partial charge in [0.05, 0.1) is 6.10 Å². The minimum Gasteiger partial charge on any atom is -0.490 e. The molecule has 34 heavy (non-hydrogen) atoms. The zero-order valence-electron chi connectivity index (χ0n) is 19.9. The van der Waals surface area contributed by atoms with Crippen LogP contribution in [-0.2, 0) is 11.0 Å². The molecule has 4 rings (SSSR count). The molecule has 0 bridgehead atoms. The van der Waals surface area contributed by atoms with E-state index in [0.717, 1.165) is 50.6 Å². The van der Waals surface area contributed by atoms with Crippen LogP contribution in [0.2, 0.25) is 0 Å². The Labute approximate surface area is 199 Å². The second-order valence-corrected chi connectivity index (χ2v) is 10.2. The average Bonchev–Trinajstić information content (AvgIpc) is 2.78. The molecule has 2 aromatic carbocycles. The van der Waals surface area contributed by atoms with Crippen molar-refractivity contribution in [1.82, 2.24) is 4.90 Å². The van der Waals surface area contributed by atoms with Gasteiger partial charge in [0.2, 0.25) is 0 Å². The molecule has 1 heterocycles. The zero-order valence-corrected chi connectivity index (χ0v) is 19.9. The van der Waals surface area contributed by atoms with Gasteiger partial charge in [0.1, 0.15) is 11.3 Å². The summed E-state index contributed by atoms with van der Waals surface area (Å²) in [6.07, 6.45) is 0.804. The lowest BCUT2D eigenvalue weighted by Crippen LogP contribution is -2.37. The number of hydrogen-bond acceptors (Lipinski definition) is 3. The van der Waals surface area contributed by atoms with Crippen LogP contribution >= 0.6 is 0 Å². The quantitative estimate of drug-likeness (QED) is 0.484. The second kappa shape index (κ2) is 10.1. The summed E-state index contributed by atoms with van der Waals surface area (Å²) in [5.74, 6) is -0.162. The SMILES string of the molecule is CC1CCC(Oc2ccc3cc([C@@H](C)N4CCC[C@H](CC(=O)O)C4)ccc3c2C(F)(F)F)CC1. The predicted octanol–water partition coefficient (Wildman–Crippen LogP) is 7.06. The molecule has 186 valence electrons. The summed E-state index contributed by atoms with van der Waals surface area (Å²) < 4.78 is 48.4. The second-order valence-electron chi connectivity index (χ2n) is 10.2. The molecule has 0 aromatic heterocycles. The maximum Gasteiger partial charge on any atom is 0.420 e. The fraction of sp³-hybridized carbons (Fsp3) is 0.593. The third-order valence-corrected chi connectivity index (χ3v) is 7.59. The molecule has 1 aliphatic carbocycles. The molecular formula is C27H34F3NO3. The van der Waals surface area contributed by atoms with Gasteiger partial charge in [-0.3, -0.25) is 9.69 Å². The molecule has 1 aliphatic heterocycles. The Morgan fingerprint density at radius 1 is 1.15 bits per heavy atom. The normalized spacial score (nSPS) is 25.3. The Morgan fingerprint density at radius 3 is 2.56 bits per heavy atom. The van der Waals surface area contributed by atoms with E-state index in [4.69, 9.17) is 9.84 Å². The van der Waals surface area contributed by atoms with Crippen molar-refractivity contribution in [3.63, 3.8) is 0 Å². The van der Waals surface area contributed by atoms with Gasteiger partial charge < -0.3 is 9.84 Å². The van der Waals surface area contributed by atoms with Gasteiger partial charge in [0, 0.05) is 19.0 Å². The van der Waals surface area contributed by atoms with E-state index >= 15 is 0 Å². The fourth-order valence-electron chi connectivity index (χ4n) is 5.58. The Morgan fingerprint density at radius 2 is 1.88 bits per heavy atom. The molecule has 7 heteroatoms. The van der Waals surface area contributed by atoms with Crippen molar-refractivity contribution in [3.8, 4) is 5.75 Å². The van der Waals surface area contributed by atoms with Crippen LogP contribution in [0.5, 0.6) is 5.75 Å². The van der Waals surface area contributed by atoms with E-state index in [1.807, 2.05) is 13.0 Å². The Bertz CT molecular complexity index is 1010. The minimum atomic E-state index is -4.51. The molecule has 0 unspecified atom stereocenters. The van der Waals surface area contributed by atoms with Crippen molar-refractivity contribution in [2.75, 3.05) is 13.1 Å². The predicted molar refractivity (Wildman–Crippen MR) is 126 cm³/mol. The average molecular weight is 478 g/mol. The lowest BCUT2D eigenvalue weighted by Gasteiger charge is -2.36. The first-order chi connectivity index (χ1) is 16.1. The Balaban J connectivity index is 1.59. The van der Waals surface area contributed by atoms with Crippen LogP contribution < -0.4 is 4.74 Å². The van der Waals surface area contributed by atoms with Crippen molar-refractivity contribution in [3.05, 3.63) is 41.5 Å². The largest absolute Gasteiger partial charge is 0.490 e. The van der Waals surface area contributed by atoms with Gasteiger partial charge in [-0.05, 0) is 92.3 Å². The molecule has 0 amide bonds. The number of likely N-dealkylation sites (tertiary alicyclic amines) is 1. The number of fused-ring (bicyclic) bond motifs is 1. The van der Waals surface area contributed by atoms with Crippen LogP contribution in [0.15, 0.2) is 30.3 Å². The maximum absolute atomic E-state index is 14.2. The monoisotopic (exact) mass is 477 g/mol. The molecule has 1 N–H and O–H groups in total. The summed E-state index contributed by atoms with van der Waals surface area (Å²) in [4.78, 5) is 13.4. The third-order valence-electron chi connectivity index (χ3n) is 7.59. The lowest BCUT2D eigenvalue weighted by molar-refractivity contribution is -0.139. The van der Waals surface area contributed by atoms with Gasteiger partial charge >= 0.3 is 12.1 Å². The molecule has 2 aromatic rings. The number of nitrogens with zero attached hydrogens (tertiary/aromatic N) is 1. The molecular weight excluding hydrogens is 443 g/mol. The van der Waals surface area contributed by atoms with E-state index < -0.39 is 17.7 Å². The summed E-state index contributed by atoms with van der Waals surface area (Å²) >= 11 is 0. The summed E-state index contributed by atoms with van der Waals surface area (Å²) in [5.41, 5.74) is 0.244. The number of hydrogen-bond donors (Lipinski definition) is 1. The number of alkyl halides is 3. The van der Waals surface area contributed by atoms with E-state index in [-0.39, 0.29) is 35.6 Å². The number of piperidine rings is 1. The molecule has 1 saturated heterocycles. The Hall–Kier alpha value is -2.28. The molecule has 1 saturated carbocycles. The van der Waals surface area contributed by atoms with Gasteiger partial charge in [-0.15, -0.1) is 0 Å². The van der Waals surface area contributed by atoms with Crippen LogP contribution in [0.4, 0.5) is 13.2 Å². The van der Waals surface area contributed by atoms with Crippen LogP contribution in [0.1, 0.15) is 76.0 Å². The van der Waals surface area contributed by atoms with Crippen LogP contribution in [-0.4, -0.2) is 35.2 Å². The lowest BCUT2D eigenvalue weighted by atomic mass is 9.89. The van der Waals surface area contributed by atoms with Gasteiger partial charge in [0.15, 0.2) is 0 Å². The standard InChI is InChI=1S/C27H34F3NO3/c1-17-5-9-22(10-6-17)34-24-12-8-21-15-20(7-11-23(21)26(24)27(28,29)30)18(2)31-13-3-4-19(16-31)14-25(32)33/h7-8,11-12,15,17-19,22H,3-6,9-10,13-14,16H2,1-2H3,(H,32,33)/t17?,18-,19-,22?/m1/s1. The van der Waals surface area contributed by atoms with Crippen LogP contribution in [0, 0.1) is 11.8 Å². The number of ether oxygens (including phenoxy) is 1. The van der Waals surface area contributed by atoms with Crippen molar-refractivity contribution >= 4 is 16.7 Å². The number of carboxylic acids is 1. The van der Waals surface area contributed by atoms with E-state index in [2.05, 4.69) is 11.8 Å². The fourth-order valence-corrected chi connectivity index (χ4v) is 5.58. The van der Waals surface area contributed by atoms with E-state index in [0.29, 0.717) is 17.8 Å². The first kappa shape index (κ1) is 24.8. The summed E-state index contributed by atoms with van der Waals surface area (Å²) in [6.45, 7) is 5.75. The van der Waals surface area contributed by atoms with Crippen LogP contribution in [0.3, 0.4) is 0 Å². The topological polar surface area (TPSA) is 49.8 Å². The van der Waals surface area contributed by atoms with Gasteiger partial charge in [-0.1, -0.05) is 25.1 Å². The zero-order chi connectivity index (χ0) is 24.5. The summed E-state index contributed by atoms with van der Waals surface area (Å²) in [5, 5.41) is 9.84.